The third-order valence-electron chi connectivity index (χ3n) is 4.69. The first-order valence-electron chi connectivity index (χ1n) is 10.3. The van der Waals surface area contributed by atoms with Gasteiger partial charge in [-0.05, 0) is 66.3 Å². The number of rotatable bonds is 7. The largest absolute Gasteiger partial charge is 0.332 e. The van der Waals surface area contributed by atoms with Crippen molar-refractivity contribution in [1.82, 2.24) is 4.98 Å². The summed E-state index contributed by atoms with van der Waals surface area (Å²) in [6.07, 6.45) is 3.31. The molecule has 0 saturated carbocycles. The van der Waals surface area contributed by atoms with Gasteiger partial charge in [-0.1, -0.05) is 48.5 Å². The standard InChI is InChI=1S/C26H22N4OS2/c31-25(28-22-15-17-27-18-16-22)24(19-7-3-1-4-8-19)33-23-13-11-21(12-14-23)30-26(32)29-20-9-5-2-6-10-20/h1-18,24H,(H,27,28,31)(H2,29,30,32). The molecule has 0 saturated heterocycles. The highest BCUT2D eigenvalue weighted by Crippen LogP contribution is 2.36. The molecule has 0 aliphatic heterocycles. The summed E-state index contributed by atoms with van der Waals surface area (Å²) in [6, 6.07) is 30.9. The van der Waals surface area contributed by atoms with E-state index in [1.54, 1.807) is 24.5 Å². The van der Waals surface area contributed by atoms with Gasteiger partial charge >= 0.3 is 0 Å². The molecule has 7 heteroatoms. The van der Waals surface area contributed by atoms with E-state index in [4.69, 9.17) is 12.2 Å². The molecule has 0 aliphatic carbocycles. The average molecular weight is 471 g/mol. The Bertz CT molecular complexity index is 1190. The number of nitrogens with one attached hydrogen (secondary N) is 3. The van der Waals surface area contributed by atoms with Crippen LogP contribution in [0.4, 0.5) is 17.1 Å². The van der Waals surface area contributed by atoms with E-state index in [1.165, 1.54) is 11.8 Å². The van der Waals surface area contributed by atoms with Crippen LogP contribution >= 0.6 is 24.0 Å². The summed E-state index contributed by atoms with van der Waals surface area (Å²) in [6.45, 7) is 0. The van der Waals surface area contributed by atoms with Gasteiger partial charge in [0.2, 0.25) is 5.91 Å². The van der Waals surface area contributed by atoms with Crippen LogP contribution in [0.15, 0.2) is 114 Å². The zero-order chi connectivity index (χ0) is 22.9. The van der Waals surface area contributed by atoms with Crippen LogP contribution in [0.2, 0.25) is 0 Å². The first-order valence-corrected chi connectivity index (χ1v) is 11.6. The first-order chi connectivity index (χ1) is 16.2. The molecule has 0 fully saturated rings. The number of hydrogen-bond donors (Lipinski definition) is 3. The number of nitrogens with zero attached hydrogens (tertiary/aromatic N) is 1. The Morgan fingerprint density at radius 2 is 1.24 bits per heavy atom. The van der Waals surface area contributed by atoms with Gasteiger partial charge in [0.1, 0.15) is 5.25 Å². The maximum absolute atomic E-state index is 13.1. The summed E-state index contributed by atoms with van der Waals surface area (Å²) in [7, 11) is 0. The number of pyridine rings is 1. The zero-order valence-corrected chi connectivity index (χ0v) is 19.3. The second-order valence-electron chi connectivity index (χ2n) is 7.10. The van der Waals surface area contributed by atoms with E-state index < -0.39 is 5.25 Å². The topological polar surface area (TPSA) is 66.0 Å². The molecule has 3 N–H and O–H groups in total. The van der Waals surface area contributed by atoms with Crippen molar-refractivity contribution in [3.05, 3.63) is 115 Å². The summed E-state index contributed by atoms with van der Waals surface area (Å²) in [4.78, 5) is 18.1. The molecule has 1 aromatic heterocycles. The summed E-state index contributed by atoms with van der Waals surface area (Å²) in [5.41, 5.74) is 3.44. The Balaban J connectivity index is 1.43. The number of carbonyl (C=O) groups is 1. The predicted molar refractivity (Wildman–Crippen MR) is 141 cm³/mol. The second-order valence-corrected chi connectivity index (χ2v) is 8.69. The van der Waals surface area contributed by atoms with E-state index >= 15 is 0 Å². The van der Waals surface area contributed by atoms with Gasteiger partial charge in [-0.25, -0.2) is 0 Å². The van der Waals surface area contributed by atoms with E-state index in [0.29, 0.717) is 5.11 Å². The lowest BCUT2D eigenvalue weighted by Gasteiger charge is -2.17. The van der Waals surface area contributed by atoms with Crippen LogP contribution in [0.25, 0.3) is 0 Å². The van der Waals surface area contributed by atoms with E-state index in [2.05, 4.69) is 20.9 Å². The van der Waals surface area contributed by atoms with Gasteiger partial charge in [0.15, 0.2) is 5.11 Å². The molecule has 4 rings (SSSR count). The number of anilines is 3. The van der Waals surface area contributed by atoms with Gasteiger partial charge in [-0.3, -0.25) is 9.78 Å². The van der Waals surface area contributed by atoms with Crippen molar-refractivity contribution in [1.29, 1.82) is 0 Å². The fourth-order valence-corrected chi connectivity index (χ4v) is 4.37. The van der Waals surface area contributed by atoms with Gasteiger partial charge < -0.3 is 16.0 Å². The number of thioether (sulfide) groups is 1. The van der Waals surface area contributed by atoms with Gasteiger partial charge in [-0.15, -0.1) is 11.8 Å². The summed E-state index contributed by atoms with van der Waals surface area (Å²) < 4.78 is 0. The van der Waals surface area contributed by atoms with Gasteiger partial charge in [0, 0.05) is 34.4 Å². The molecule has 1 amide bonds. The Kier molecular flexibility index (Phi) is 7.68. The fraction of sp³-hybridized carbons (Fsp3) is 0.0385. The number of hydrogen-bond acceptors (Lipinski definition) is 4. The first kappa shape index (κ1) is 22.5. The molecule has 0 bridgehead atoms. The number of benzene rings is 3. The summed E-state index contributed by atoms with van der Waals surface area (Å²) in [5.74, 6) is -0.0900. The minimum atomic E-state index is -0.404. The van der Waals surface area contributed by atoms with Crippen molar-refractivity contribution in [3.8, 4) is 0 Å². The highest BCUT2D eigenvalue weighted by Gasteiger charge is 2.22. The second kappa shape index (κ2) is 11.3. The molecular formula is C26H22N4OS2. The van der Waals surface area contributed by atoms with Crippen LogP contribution in [0.3, 0.4) is 0 Å². The van der Waals surface area contributed by atoms with Gasteiger partial charge in [-0.2, -0.15) is 0 Å². The molecule has 0 aliphatic rings. The highest BCUT2D eigenvalue weighted by molar-refractivity contribution is 8.00. The Morgan fingerprint density at radius 1 is 0.697 bits per heavy atom. The van der Waals surface area contributed by atoms with Crippen LogP contribution in [0.5, 0.6) is 0 Å². The van der Waals surface area contributed by atoms with Crippen LogP contribution < -0.4 is 16.0 Å². The Morgan fingerprint density at radius 3 is 1.88 bits per heavy atom. The molecule has 0 radical (unpaired) electrons. The van der Waals surface area contributed by atoms with Crippen LogP contribution in [0, 0.1) is 0 Å². The third kappa shape index (κ3) is 6.65. The molecule has 1 atom stereocenters. The lowest BCUT2D eigenvalue weighted by Crippen LogP contribution is -2.19. The fourth-order valence-electron chi connectivity index (χ4n) is 3.11. The molecule has 4 aromatic rings. The molecule has 33 heavy (non-hydrogen) atoms. The number of thiocarbonyl (C=S) groups is 1. The van der Waals surface area contributed by atoms with E-state index in [0.717, 1.165) is 27.5 Å². The minimum Gasteiger partial charge on any atom is -0.332 e. The van der Waals surface area contributed by atoms with Gasteiger partial charge in [0.05, 0.1) is 0 Å². The Hall–Kier alpha value is -3.68. The molecular weight excluding hydrogens is 448 g/mol. The van der Waals surface area contributed by atoms with Crippen molar-refractivity contribution in [2.45, 2.75) is 10.1 Å². The predicted octanol–water partition coefficient (Wildman–Crippen LogP) is 6.36. The van der Waals surface area contributed by atoms with E-state index in [-0.39, 0.29) is 5.91 Å². The number of carbonyl (C=O) groups excluding carboxylic acids is 1. The smallest absolute Gasteiger partial charge is 0.242 e. The number of amides is 1. The lowest BCUT2D eigenvalue weighted by molar-refractivity contribution is -0.115. The average Bonchev–Trinajstić information content (AvgIpc) is 2.85. The molecule has 3 aromatic carbocycles. The van der Waals surface area contributed by atoms with E-state index in [1.807, 2.05) is 84.9 Å². The van der Waals surface area contributed by atoms with E-state index in [9.17, 15) is 4.79 Å². The molecule has 164 valence electrons. The van der Waals surface area contributed by atoms with Crippen LogP contribution in [0.1, 0.15) is 10.8 Å². The van der Waals surface area contributed by atoms with Crippen LogP contribution in [-0.2, 0) is 4.79 Å². The third-order valence-corrected chi connectivity index (χ3v) is 6.16. The minimum absolute atomic E-state index is 0.0900. The van der Waals surface area contributed by atoms with Crippen LogP contribution in [-0.4, -0.2) is 16.0 Å². The molecule has 1 heterocycles. The number of para-hydroxylation sites is 1. The SMILES string of the molecule is O=C(Nc1ccncc1)C(Sc1ccc(NC(=S)Nc2ccccc2)cc1)c1ccccc1. The van der Waals surface area contributed by atoms with Crippen molar-refractivity contribution >= 4 is 52.1 Å². The quantitative estimate of drug-likeness (QED) is 0.216. The maximum Gasteiger partial charge on any atom is 0.242 e. The van der Waals surface area contributed by atoms with Gasteiger partial charge in [0.25, 0.3) is 0 Å². The summed E-state index contributed by atoms with van der Waals surface area (Å²) in [5, 5.41) is 9.43. The van der Waals surface area contributed by atoms with Crippen molar-refractivity contribution in [3.63, 3.8) is 0 Å². The van der Waals surface area contributed by atoms with Crippen molar-refractivity contribution in [2.75, 3.05) is 16.0 Å². The van der Waals surface area contributed by atoms with Crippen molar-refractivity contribution in [2.24, 2.45) is 0 Å². The number of aromatic nitrogens is 1. The highest BCUT2D eigenvalue weighted by atomic mass is 32.2. The van der Waals surface area contributed by atoms with Crippen molar-refractivity contribution < 1.29 is 4.79 Å². The maximum atomic E-state index is 13.1. The molecule has 1 unspecified atom stereocenters. The summed E-state index contributed by atoms with van der Waals surface area (Å²) >= 11 is 6.89. The molecule has 5 nitrogen and oxygen atoms in total. The zero-order valence-electron chi connectivity index (χ0n) is 17.6. The lowest BCUT2D eigenvalue weighted by atomic mass is 10.1. The Labute approximate surface area is 202 Å². The monoisotopic (exact) mass is 470 g/mol. The molecule has 0 spiro atoms. The normalized spacial score (nSPS) is 11.3.